The fraction of sp³-hybridized carbons (Fsp3) is 0.333. The van der Waals surface area contributed by atoms with Crippen LogP contribution in [0.5, 0.6) is 5.75 Å². The van der Waals surface area contributed by atoms with Gasteiger partial charge in [-0.15, -0.1) is 0 Å². The van der Waals surface area contributed by atoms with Crippen molar-refractivity contribution in [2.75, 3.05) is 6.61 Å². The zero-order valence-corrected chi connectivity index (χ0v) is 11.0. The third kappa shape index (κ3) is 3.62. The Kier molecular flexibility index (Phi) is 4.83. The van der Waals surface area contributed by atoms with Gasteiger partial charge in [-0.25, -0.2) is 0 Å². The molecule has 0 atom stereocenters. The number of hydrogen-bond donors (Lipinski definition) is 0. The van der Waals surface area contributed by atoms with Crippen LogP contribution in [0.4, 0.5) is 32.0 Å². The molecule has 1 aromatic carbocycles. The van der Waals surface area contributed by atoms with E-state index in [9.17, 15) is 36.5 Å². The first kappa shape index (κ1) is 17.6. The van der Waals surface area contributed by atoms with Crippen LogP contribution in [0.25, 0.3) is 0 Å². The molecule has 0 aliphatic heterocycles. The van der Waals surface area contributed by atoms with Gasteiger partial charge >= 0.3 is 17.8 Å². The van der Waals surface area contributed by atoms with Crippen molar-refractivity contribution in [3.05, 3.63) is 32.0 Å². The first-order chi connectivity index (χ1) is 9.38. The number of alkyl halides is 5. The van der Waals surface area contributed by atoms with Crippen molar-refractivity contribution >= 4 is 28.9 Å². The van der Waals surface area contributed by atoms with E-state index in [-0.39, 0.29) is 0 Å². The molecule has 0 aliphatic carbocycles. The van der Waals surface area contributed by atoms with Crippen molar-refractivity contribution in [1.82, 2.24) is 0 Å². The lowest BCUT2D eigenvalue weighted by Gasteiger charge is -2.20. The van der Waals surface area contributed by atoms with Gasteiger partial charge in [0.1, 0.15) is 5.02 Å². The summed E-state index contributed by atoms with van der Waals surface area (Å²) in [6.07, 6.45) is -5.90. The Morgan fingerprint density at radius 1 is 1.24 bits per heavy atom. The number of nitro groups is 1. The lowest BCUT2D eigenvalue weighted by molar-refractivity contribution is -0.387. The monoisotopic (exact) mass is 357 g/mol. The fourth-order valence-corrected chi connectivity index (χ4v) is 1.63. The second-order valence-corrected chi connectivity index (χ2v) is 4.37. The Balaban J connectivity index is 3.12. The summed E-state index contributed by atoms with van der Waals surface area (Å²) in [6, 6.07) is 0.379. The predicted octanol–water partition coefficient (Wildman–Crippen LogP) is 4.62. The van der Waals surface area contributed by atoms with Crippen molar-refractivity contribution in [3.63, 3.8) is 0 Å². The average molecular weight is 358 g/mol. The minimum atomic E-state index is -5.90. The van der Waals surface area contributed by atoms with Crippen LogP contribution in [0.1, 0.15) is 0 Å². The highest BCUT2D eigenvalue weighted by Crippen LogP contribution is 2.42. The molecule has 1 aromatic rings. The molecule has 12 heteroatoms. The van der Waals surface area contributed by atoms with Gasteiger partial charge in [-0.2, -0.15) is 26.3 Å². The first-order valence-corrected chi connectivity index (χ1v) is 5.53. The van der Waals surface area contributed by atoms with Crippen molar-refractivity contribution in [2.45, 2.75) is 12.1 Å². The van der Waals surface area contributed by atoms with Gasteiger partial charge in [-0.3, -0.25) is 10.1 Å². The molecule has 21 heavy (non-hydrogen) atoms. The number of nitro benzene ring substituents is 1. The van der Waals surface area contributed by atoms with E-state index in [1.54, 1.807) is 0 Å². The van der Waals surface area contributed by atoms with Gasteiger partial charge in [0.05, 0.1) is 9.95 Å². The van der Waals surface area contributed by atoms with E-state index in [4.69, 9.17) is 23.2 Å². The first-order valence-electron chi connectivity index (χ1n) is 4.77. The minimum Gasteiger partial charge on any atom is -0.484 e. The van der Waals surface area contributed by atoms with Gasteiger partial charge in [-0.1, -0.05) is 23.2 Å². The molecular weight excluding hydrogens is 355 g/mol. The highest BCUT2D eigenvalue weighted by atomic mass is 35.5. The summed E-state index contributed by atoms with van der Waals surface area (Å²) in [5.41, 5.74) is -1.18. The SMILES string of the molecule is O=[N+]([O-])c1cc(Cl)c(OCC(F)(F)C(F)(F)F)c(Cl)c1F. The summed E-state index contributed by atoms with van der Waals surface area (Å²) in [6.45, 7) is -2.22. The highest BCUT2D eigenvalue weighted by molar-refractivity contribution is 6.37. The normalized spacial score (nSPS) is 12.4. The second-order valence-electron chi connectivity index (χ2n) is 3.58. The molecule has 0 N–H and O–H groups in total. The van der Waals surface area contributed by atoms with Gasteiger partial charge in [0, 0.05) is 6.07 Å². The number of nitrogens with zero attached hydrogens (tertiary/aromatic N) is 1. The third-order valence-corrected chi connectivity index (χ3v) is 2.72. The smallest absolute Gasteiger partial charge is 0.456 e. The van der Waals surface area contributed by atoms with Gasteiger partial charge in [0.25, 0.3) is 0 Å². The van der Waals surface area contributed by atoms with Crippen LogP contribution in [0.15, 0.2) is 6.07 Å². The second kappa shape index (κ2) is 5.76. The molecule has 0 heterocycles. The van der Waals surface area contributed by atoms with Gasteiger partial charge < -0.3 is 4.74 Å². The molecule has 0 aliphatic rings. The van der Waals surface area contributed by atoms with Crippen molar-refractivity contribution in [2.24, 2.45) is 0 Å². The highest BCUT2D eigenvalue weighted by Gasteiger charge is 2.58. The number of halogens is 8. The van der Waals surface area contributed by atoms with Crippen LogP contribution in [0, 0.1) is 15.9 Å². The molecule has 0 radical (unpaired) electrons. The Morgan fingerprint density at radius 2 is 1.76 bits per heavy atom. The van der Waals surface area contributed by atoms with Crippen LogP contribution in [-0.4, -0.2) is 23.6 Å². The Hall–Kier alpha value is -1.42. The minimum absolute atomic E-state index is 0.379. The van der Waals surface area contributed by atoms with Gasteiger partial charge in [-0.05, 0) is 0 Å². The maximum Gasteiger partial charge on any atom is 0.456 e. The van der Waals surface area contributed by atoms with Crippen LogP contribution in [0.2, 0.25) is 10.0 Å². The molecule has 0 saturated heterocycles. The molecule has 0 bridgehead atoms. The van der Waals surface area contributed by atoms with E-state index >= 15 is 0 Å². The van der Waals surface area contributed by atoms with Crippen molar-refractivity contribution in [1.29, 1.82) is 0 Å². The van der Waals surface area contributed by atoms with Crippen LogP contribution in [0.3, 0.4) is 0 Å². The van der Waals surface area contributed by atoms with E-state index < -0.39 is 50.9 Å². The van der Waals surface area contributed by atoms with E-state index in [2.05, 4.69) is 4.74 Å². The lowest BCUT2D eigenvalue weighted by atomic mass is 10.3. The predicted molar refractivity (Wildman–Crippen MR) is 59.6 cm³/mol. The molecule has 0 amide bonds. The molecule has 0 fully saturated rings. The molecule has 118 valence electrons. The molecule has 0 aromatic heterocycles. The number of benzene rings is 1. The van der Waals surface area contributed by atoms with Crippen molar-refractivity contribution < 1.29 is 36.0 Å². The topological polar surface area (TPSA) is 52.4 Å². The molecule has 4 nitrogen and oxygen atoms in total. The lowest BCUT2D eigenvalue weighted by Crippen LogP contribution is -2.41. The van der Waals surface area contributed by atoms with E-state index in [0.29, 0.717) is 6.07 Å². The summed E-state index contributed by atoms with van der Waals surface area (Å²) >= 11 is 10.7. The van der Waals surface area contributed by atoms with E-state index in [1.165, 1.54) is 0 Å². The molecule has 1 rings (SSSR count). The molecule has 0 spiro atoms. The fourth-order valence-electron chi connectivity index (χ4n) is 1.08. The Labute approximate surface area is 122 Å². The Morgan fingerprint density at radius 3 is 2.19 bits per heavy atom. The van der Waals surface area contributed by atoms with Crippen LogP contribution in [-0.2, 0) is 0 Å². The van der Waals surface area contributed by atoms with Crippen molar-refractivity contribution in [3.8, 4) is 5.75 Å². The average Bonchev–Trinajstić information content (AvgIpc) is 2.31. The summed E-state index contributed by atoms with van der Waals surface area (Å²) in [5.74, 6) is -7.96. The molecular formula is C9H3Cl2F6NO3. The van der Waals surface area contributed by atoms with Crippen LogP contribution >= 0.6 is 23.2 Å². The number of ether oxygens (including phenoxy) is 1. The zero-order valence-electron chi connectivity index (χ0n) is 9.48. The summed E-state index contributed by atoms with van der Waals surface area (Å²) in [7, 11) is 0. The third-order valence-electron chi connectivity index (χ3n) is 2.11. The number of hydrogen-bond acceptors (Lipinski definition) is 3. The van der Waals surface area contributed by atoms with E-state index in [1.807, 2.05) is 0 Å². The maximum absolute atomic E-state index is 13.4. The summed E-state index contributed by atoms with van der Waals surface area (Å²) < 4.78 is 78.6. The van der Waals surface area contributed by atoms with E-state index in [0.717, 1.165) is 0 Å². The largest absolute Gasteiger partial charge is 0.484 e. The Bertz CT molecular complexity index is 578. The van der Waals surface area contributed by atoms with Gasteiger partial charge in [0.2, 0.25) is 5.82 Å². The summed E-state index contributed by atoms with van der Waals surface area (Å²) in [4.78, 5) is 9.22. The number of rotatable bonds is 4. The molecule has 0 unspecified atom stereocenters. The van der Waals surface area contributed by atoms with Gasteiger partial charge in [0.15, 0.2) is 12.4 Å². The standard InChI is InChI=1S/C9H3Cl2F6NO3/c10-3-1-4(18(19)20)6(12)5(11)7(3)21-2-8(13,14)9(15,16)17/h1H,2H2. The maximum atomic E-state index is 13.4. The summed E-state index contributed by atoms with van der Waals surface area (Å²) in [5, 5.41) is 8.46. The zero-order chi connectivity index (χ0) is 16.6. The quantitative estimate of drug-likeness (QED) is 0.342. The van der Waals surface area contributed by atoms with Crippen LogP contribution < -0.4 is 4.74 Å². The molecule has 0 saturated carbocycles.